The van der Waals surface area contributed by atoms with E-state index in [2.05, 4.69) is 5.32 Å². The molecule has 1 aliphatic heterocycles. The van der Waals surface area contributed by atoms with Crippen molar-refractivity contribution in [1.29, 1.82) is 0 Å². The minimum absolute atomic E-state index is 0.0354. The van der Waals surface area contributed by atoms with Crippen molar-refractivity contribution in [3.63, 3.8) is 0 Å². The summed E-state index contributed by atoms with van der Waals surface area (Å²) in [6.07, 6.45) is 2.27. The smallest absolute Gasteiger partial charge is 0.337 e. The van der Waals surface area contributed by atoms with Gasteiger partial charge in [0.15, 0.2) is 5.76 Å². The zero-order valence-corrected chi connectivity index (χ0v) is 18.8. The number of carbonyl (C=O) groups excluding carboxylic acids is 2. The predicted molar refractivity (Wildman–Crippen MR) is 124 cm³/mol. The van der Waals surface area contributed by atoms with Crippen molar-refractivity contribution in [2.75, 3.05) is 31.4 Å². The topological polar surface area (TPSA) is 120 Å². The Morgan fingerprint density at radius 2 is 1.88 bits per heavy atom. The maximum atomic E-state index is 13.0. The van der Waals surface area contributed by atoms with Gasteiger partial charge in [-0.2, -0.15) is 0 Å². The van der Waals surface area contributed by atoms with Gasteiger partial charge >= 0.3 is 5.97 Å². The normalized spacial score (nSPS) is 19.8. The summed E-state index contributed by atoms with van der Waals surface area (Å²) in [5.74, 6) is -1.11. The number of hydrogen-bond donors (Lipinski definition) is 3. The van der Waals surface area contributed by atoms with Crippen LogP contribution in [-0.4, -0.2) is 43.6 Å². The summed E-state index contributed by atoms with van der Waals surface area (Å²) >= 11 is 0. The molecule has 2 aromatic carbocycles. The van der Waals surface area contributed by atoms with Crippen LogP contribution in [0, 0.1) is 5.92 Å². The van der Waals surface area contributed by atoms with E-state index in [0.29, 0.717) is 36.4 Å². The van der Waals surface area contributed by atoms with E-state index >= 15 is 0 Å². The van der Waals surface area contributed by atoms with Crippen molar-refractivity contribution in [2.45, 2.75) is 32.0 Å². The highest BCUT2D eigenvalue weighted by molar-refractivity contribution is 6.04. The number of aliphatic hydroxyl groups excluding tert-OH is 1. The lowest BCUT2D eigenvalue weighted by Gasteiger charge is -2.37. The van der Waals surface area contributed by atoms with Gasteiger partial charge in [-0.15, -0.1) is 0 Å². The van der Waals surface area contributed by atoms with E-state index < -0.39 is 18.2 Å². The Morgan fingerprint density at radius 3 is 2.52 bits per heavy atom. The molecule has 0 spiro atoms. The van der Waals surface area contributed by atoms with Crippen molar-refractivity contribution in [3.05, 3.63) is 71.5 Å². The number of methoxy groups -OCH3 is 1. The number of amides is 1. The van der Waals surface area contributed by atoms with Crippen LogP contribution in [0.25, 0.3) is 0 Å². The first-order valence-electron chi connectivity index (χ1n) is 10.9. The first-order valence-corrected chi connectivity index (χ1v) is 10.9. The third kappa shape index (κ3) is 5.91. The molecule has 0 saturated carbocycles. The van der Waals surface area contributed by atoms with Crippen LogP contribution in [0.3, 0.4) is 0 Å². The zero-order valence-electron chi connectivity index (χ0n) is 18.8. The molecule has 33 heavy (non-hydrogen) atoms. The van der Waals surface area contributed by atoms with E-state index in [-0.39, 0.29) is 24.2 Å². The summed E-state index contributed by atoms with van der Waals surface area (Å²) in [5.41, 5.74) is 8.21. The number of para-hydroxylation sites is 2. The fraction of sp³-hybridized carbons (Fsp3) is 0.360. The fourth-order valence-electron chi connectivity index (χ4n) is 3.90. The molecule has 0 bridgehead atoms. The summed E-state index contributed by atoms with van der Waals surface area (Å²) in [6, 6.07) is 14.0. The average molecular weight is 455 g/mol. The fourth-order valence-corrected chi connectivity index (χ4v) is 3.90. The van der Waals surface area contributed by atoms with Gasteiger partial charge in [-0.1, -0.05) is 24.3 Å². The quantitative estimate of drug-likeness (QED) is 0.392. The van der Waals surface area contributed by atoms with Crippen LogP contribution in [0.2, 0.25) is 0 Å². The number of hydrogen-bond acceptors (Lipinski definition) is 7. The second-order valence-corrected chi connectivity index (χ2v) is 7.68. The monoisotopic (exact) mass is 454 g/mol. The lowest BCUT2D eigenvalue weighted by molar-refractivity contribution is -0.165. The Hall–Kier alpha value is -3.36. The van der Waals surface area contributed by atoms with E-state index in [1.807, 2.05) is 19.1 Å². The van der Waals surface area contributed by atoms with E-state index in [0.717, 1.165) is 5.56 Å². The van der Waals surface area contributed by atoms with Gasteiger partial charge in [0, 0.05) is 25.0 Å². The maximum Gasteiger partial charge on any atom is 0.337 e. The number of nitrogen functional groups attached to an aromatic ring is 1. The van der Waals surface area contributed by atoms with E-state index in [9.17, 15) is 14.7 Å². The molecular formula is C25H30N2O6. The molecule has 1 heterocycles. The Kier molecular flexibility index (Phi) is 8.46. The van der Waals surface area contributed by atoms with Crippen LogP contribution in [0.5, 0.6) is 0 Å². The highest BCUT2D eigenvalue weighted by Gasteiger charge is 2.38. The molecule has 3 unspecified atom stereocenters. The highest BCUT2D eigenvalue weighted by atomic mass is 16.7. The molecule has 176 valence electrons. The Labute approximate surface area is 193 Å². The molecule has 4 N–H and O–H groups in total. The number of nitrogens with two attached hydrogens (primary N) is 1. The van der Waals surface area contributed by atoms with Crippen LogP contribution in [0.4, 0.5) is 11.4 Å². The molecule has 2 aromatic rings. The van der Waals surface area contributed by atoms with Gasteiger partial charge in [-0.05, 0) is 55.7 Å². The van der Waals surface area contributed by atoms with Crippen LogP contribution < -0.4 is 11.1 Å². The van der Waals surface area contributed by atoms with Crippen LogP contribution in [0.15, 0.2) is 60.4 Å². The molecule has 3 atom stereocenters. The number of allylic oxidation sites excluding steroid dienone is 1. The van der Waals surface area contributed by atoms with Gasteiger partial charge in [0.25, 0.3) is 5.91 Å². The Morgan fingerprint density at radius 1 is 1.15 bits per heavy atom. The second kappa shape index (κ2) is 11.5. The summed E-state index contributed by atoms with van der Waals surface area (Å²) in [7, 11) is 1.33. The van der Waals surface area contributed by atoms with Gasteiger partial charge in [0.2, 0.25) is 6.29 Å². The minimum atomic E-state index is -0.675. The number of ether oxygens (including phenoxy) is 3. The summed E-state index contributed by atoms with van der Waals surface area (Å²) in [4.78, 5) is 24.9. The van der Waals surface area contributed by atoms with Gasteiger partial charge in [-0.25, -0.2) is 4.79 Å². The van der Waals surface area contributed by atoms with Gasteiger partial charge < -0.3 is 30.4 Å². The lowest BCUT2D eigenvalue weighted by atomic mass is 9.80. The summed E-state index contributed by atoms with van der Waals surface area (Å²) < 4.78 is 16.6. The Bertz CT molecular complexity index is 989. The molecule has 0 radical (unpaired) electrons. The number of nitrogens with one attached hydrogen (secondary N) is 1. The molecule has 0 aromatic heterocycles. The van der Waals surface area contributed by atoms with E-state index in [4.69, 9.17) is 19.9 Å². The number of rotatable bonds is 9. The minimum Gasteiger partial charge on any atom is -0.465 e. The van der Waals surface area contributed by atoms with Gasteiger partial charge in [-0.3, -0.25) is 4.79 Å². The Balaban J connectivity index is 1.95. The number of anilines is 2. The van der Waals surface area contributed by atoms with E-state index in [1.54, 1.807) is 42.5 Å². The SMILES string of the molecule is CCOC1OC(C(=O)Nc2ccccc2N)=CC(c2ccc(C(=O)OC)cc2)C1CCCO. The molecular weight excluding hydrogens is 424 g/mol. The van der Waals surface area contributed by atoms with Crippen LogP contribution >= 0.6 is 0 Å². The van der Waals surface area contributed by atoms with Crippen LogP contribution in [0.1, 0.15) is 41.6 Å². The molecule has 1 aliphatic rings. The van der Waals surface area contributed by atoms with Crippen molar-refractivity contribution in [2.24, 2.45) is 5.92 Å². The average Bonchev–Trinajstić information content (AvgIpc) is 2.84. The number of aliphatic hydroxyl groups is 1. The van der Waals surface area contributed by atoms with Crippen molar-refractivity contribution >= 4 is 23.3 Å². The first-order chi connectivity index (χ1) is 16.0. The highest BCUT2D eigenvalue weighted by Crippen LogP contribution is 2.39. The van der Waals surface area contributed by atoms with Crippen molar-refractivity contribution in [1.82, 2.24) is 0 Å². The third-order valence-electron chi connectivity index (χ3n) is 5.56. The molecule has 0 saturated heterocycles. The number of esters is 1. The van der Waals surface area contributed by atoms with E-state index in [1.165, 1.54) is 7.11 Å². The lowest BCUT2D eigenvalue weighted by Crippen LogP contribution is -2.37. The first kappa shape index (κ1) is 24.3. The maximum absolute atomic E-state index is 13.0. The van der Waals surface area contributed by atoms with Crippen molar-refractivity contribution in [3.8, 4) is 0 Å². The standard InChI is InChI=1S/C25H30N2O6/c1-3-32-25-18(7-6-14-28)19(16-10-12-17(13-11-16)24(30)31-2)15-22(33-25)23(29)27-21-9-5-4-8-20(21)26/h4-5,8-13,15,18-19,25,28H,3,6-7,14,26H2,1-2H3,(H,27,29). The molecule has 3 rings (SSSR count). The molecule has 8 heteroatoms. The largest absolute Gasteiger partial charge is 0.465 e. The molecule has 1 amide bonds. The molecule has 0 aliphatic carbocycles. The summed E-state index contributed by atoms with van der Waals surface area (Å²) in [6.45, 7) is 2.29. The molecule has 8 nitrogen and oxygen atoms in total. The third-order valence-corrected chi connectivity index (χ3v) is 5.56. The van der Waals surface area contributed by atoms with Crippen LogP contribution in [-0.2, 0) is 19.0 Å². The zero-order chi connectivity index (χ0) is 23.8. The predicted octanol–water partition coefficient (Wildman–Crippen LogP) is 3.44. The van der Waals surface area contributed by atoms with Gasteiger partial charge in [0.1, 0.15) is 0 Å². The second-order valence-electron chi connectivity index (χ2n) is 7.68. The summed E-state index contributed by atoms with van der Waals surface area (Å²) in [5, 5.41) is 12.2. The van der Waals surface area contributed by atoms with Gasteiger partial charge in [0.05, 0.1) is 24.0 Å². The van der Waals surface area contributed by atoms with Crippen molar-refractivity contribution < 1.29 is 28.9 Å². The number of benzene rings is 2. The molecule has 0 fully saturated rings. The number of carbonyl (C=O) groups is 2.